The lowest BCUT2D eigenvalue weighted by atomic mass is 9.64. The van der Waals surface area contributed by atoms with Crippen LogP contribution in [0.5, 0.6) is 0 Å². The minimum Gasteiger partial charge on any atom is -0.481 e. The summed E-state index contributed by atoms with van der Waals surface area (Å²) in [4.78, 5) is 21.8. The fraction of sp³-hybridized carbons (Fsp3) is 0.333. The molecule has 1 saturated carbocycles. The smallest absolute Gasteiger partial charge is 0.335 e. The van der Waals surface area contributed by atoms with Crippen LogP contribution in [0.1, 0.15) is 35.2 Å². The monoisotopic (exact) mass is 256 g/mol. The molecule has 4 nitrogen and oxygen atoms in total. The highest BCUT2D eigenvalue weighted by atomic mass is 19.1. The summed E-state index contributed by atoms with van der Waals surface area (Å²) in [7, 11) is 0. The Kier molecular flexibility index (Phi) is 2.80. The number of carboxylic acids is 2. The minimum atomic E-state index is -1.55. The Morgan fingerprint density at radius 1 is 1.11 bits per heavy atom. The average Bonchev–Trinajstić information content (AvgIpc) is 2.19. The summed E-state index contributed by atoms with van der Waals surface area (Å²) in [6.07, 6.45) is 0.886. The predicted octanol–water partition coefficient (Wildman–Crippen LogP) is 2.17. The molecule has 0 atom stereocenters. The van der Waals surface area contributed by atoms with Crippen molar-refractivity contribution < 1.29 is 28.6 Å². The van der Waals surface area contributed by atoms with Gasteiger partial charge in [-0.3, -0.25) is 4.79 Å². The molecule has 0 aliphatic heterocycles. The number of aromatic carboxylic acids is 1. The van der Waals surface area contributed by atoms with Crippen LogP contribution in [-0.2, 0) is 10.2 Å². The van der Waals surface area contributed by atoms with Gasteiger partial charge in [0.15, 0.2) is 0 Å². The van der Waals surface area contributed by atoms with Crippen molar-refractivity contribution in [2.24, 2.45) is 0 Å². The molecule has 0 saturated heterocycles. The third-order valence-corrected chi connectivity index (χ3v) is 3.38. The molecule has 0 spiro atoms. The van der Waals surface area contributed by atoms with Crippen molar-refractivity contribution in [3.8, 4) is 0 Å². The Hall–Kier alpha value is -1.98. The molecule has 0 heterocycles. The highest BCUT2D eigenvalue weighted by molar-refractivity contribution is 5.88. The molecule has 6 heteroatoms. The fourth-order valence-corrected chi connectivity index (χ4v) is 2.25. The van der Waals surface area contributed by atoms with Gasteiger partial charge in [0.2, 0.25) is 0 Å². The number of hydrogen-bond donors (Lipinski definition) is 2. The number of carboxylic acid groups (broad SMARTS) is 2. The lowest BCUT2D eigenvalue weighted by Gasteiger charge is -2.38. The molecule has 1 aliphatic rings. The Morgan fingerprint density at radius 2 is 1.61 bits per heavy atom. The molecule has 2 N–H and O–H groups in total. The highest BCUT2D eigenvalue weighted by Crippen LogP contribution is 2.46. The molecule has 96 valence electrons. The first-order valence-corrected chi connectivity index (χ1v) is 5.35. The third-order valence-electron chi connectivity index (χ3n) is 3.38. The van der Waals surface area contributed by atoms with Crippen molar-refractivity contribution in [2.45, 2.75) is 24.7 Å². The van der Waals surface area contributed by atoms with Crippen LogP contribution in [0.25, 0.3) is 0 Å². The Labute approximate surface area is 101 Å². The van der Waals surface area contributed by atoms with Crippen LogP contribution in [0.2, 0.25) is 0 Å². The van der Waals surface area contributed by atoms with Crippen LogP contribution in [0.15, 0.2) is 12.1 Å². The van der Waals surface area contributed by atoms with Gasteiger partial charge in [0.05, 0.1) is 11.0 Å². The van der Waals surface area contributed by atoms with Crippen molar-refractivity contribution >= 4 is 11.9 Å². The lowest BCUT2D eigenvalue weighted by molar-refractivity contribution is -0.147. The van der Waals surface area contributed by atoms with Gasteiger partial charge in [-0.2, -0.15) is 0 Å². The first-order valence-electron chi connectivity index (χ1n) is 5.35. The molecular weight excluding hydrogens is 246 g/mol. The summed E-state index contributed by atoms with van der Waals surface area (Å²) in [5.74, 6) is -4.98. The first-order chi connectivity index (χ1) is 8.38. The van der Waals surface area contributed by atoms with E-state index in [0.717, 1.165) is 0 Å². The van der Waals surface area contributed by atoms with Crippen LogP contribution >= 0.6 is 0 Å². The zero-order chi connectivity index (χ0) is 13.5. The molecule has 18 heavy (non-hydrogen) atoms. The molecule has 1 aliphatic carbocycles. The van der Waals surface area contributed by atoms with E-state index in [1.165, 1.54) is 0 Å². The van der Waals surface area contributed by atoms with E-state index in [9.17, 15) is 18.4 Å². The molecular formula is C12H10F2O4. The lowest BCUT2D eigenvalue weighted by Crippen LogP contribution is -2.44. The van der Waals surface area contributed by atoms with Crippen LogP contribution in [0, 0.1) is 11.6 Å². The molecule has 0 bridgehead atoms. The predicted molar refractivity (Wildman–Crippen MR) is 56.5 cm³/mol. The van der Waals surface area contributed by atoms with Gasteiger partial charge in [-0.25, -0.2) is 13.6 Å². The van der Waals surface area contributed by atoms with Gasteiger partial charge in [0, 0.05) is 5.56 Å². The summed E-state index contributed by atoms with van der Waals surface area (Å²) in [5.41, 5.74) is -2.62. The largest absolute Gasteiger partial charge is 0.481 e. The highest BCUT2D eigenvalue weighted by Gasteiger charge is 2.49. The molecule has 0 aromatic heterocycles. The molecule has 1 aromatic carbocycles. The van der Waals surface area contributed by atoms with Gasteiger partial charge in [0.25, 0.3) is 0 Å². The number of carbonyl (C=O) groups is 2. The van der Waals surface area contributed by atoms with Crippen molar-refractivity contribution in [3.63, 3.8) is 0 Å². The van der Waals surface area contributed by atoms with Crippen molar-refractivity contribution in [2.75, 3.05) is 0 Å². The summed E-state index contributed by atoms with van der Waals surface area (Å²) in [6.45, 7) is 0. The van der Waals surface area contributed by atoms with Crippen LogP contribution in [0.3, 0.4) is 0 Å². The van der Waals surface area contributed by atoms with E-state index >= 15 is 0 Å². The summed E-state index contributed by atoms with van der Waals surface area (Å²) < 4.78 is 27.6. The van der Waals surface area contributed by atoms with Crippen molar-refractivity contribution in [3.05, 3.63) is 34.9 Å². The number of halogens is 2. The van der Waals surface area contributed by atoms with Gasteiger partial charge in [-0.1, -0.05) is 6.42 Å². The molecule has 1 fully saturated rings. The molecule has 2 rings (SSSR count). The standard InChI is InChI=1S/C12H10F2O4/c13-7-4-6(10(15)16)5-8(14)9(7)12(11(17)18)2-1-3-12/h4-5H,1-3H2,(H,15,16)(H,17,18). The molecule has 0 radical (unpaired) electrons. The maximum atomic E-state index is 13.8. The average molecular weight is 256 g/mol. The second kappa shape index (κ2) is 4.04. The number of aliphatic carboxylic acids is 1. The second-order valence-corrected chi connectivity index (χ2v) is 4.36. The van der Waals surface area contributed by atoms with Crippen molar-refractivity contribution in [1.29, 1.82) is 0 Å². The van der Waals surface area contributed by atoms with E-state index in [2.05, 4.69) is 0 Å². The van der Waals surface area contributed by atoms with Crippen LogP contribution in [0.4, 0.5) is 8.78 Å². The molecule has 1 aromatic rings. The van der Waals surface area contributed by atoms with Gasteiger partial charge in [0.1, 0.15) is 11.6 Å². The first kappa shape index (κ1) is 12.5. The van der Waals surface area contributed by atoms with E-state index < -0.39 is 40.1 Å². The van der Waals surface area contributed by atoms with Crippen LogP contribution < -0.4 is 0 Å². The Morgan fingerprint density at radius 3 is 1.89 bits per heavy atom. The Bertz CT molecular complexity index is 512. The summed E-state index contributed by atoms with van der Waals surface area (Å²) in [5, 5.41) is 17.8. The van der Waals surface area contributed by atoms with Gasteiger partial charge >= 0.3 is 11.9 Å². The van der Waals surface area contributed by atoms with E-state index in [4.69, 9.17) is 10.2 Å². The number of benzene rings is 1. The van der Waals surface area contributed by atoms with Crippen molar-refractivity contribution in [1.82, 2.24) is 0 Å². The molecule has 0 unspecified atom stereocenters. The van der Waals surface area contributed by atoms with Gasteiger partial charge in [-0.15, -0.1) is 0 Å². The second-order valence-electron chi connectivity index (χ2n) is 4.36. The van der Waals surface area contributed by atoms with Gasteiger partial charge in [-0.05, 0) is 25.0 Å². The zero-order valence-electron chi connectivity index (χ0n) is 9.24. The third kappa shape index (κ3) is 1.64. The topological polar surface area (TPSA) is 74.6 Å². The molecule has 0 amide bonds. The zero-order valence-corrected chi connectivity index (χ0v) is 9.24. The van der Waals surface area contributed by atoms with E-state index in [1.807, 2.05) is 0 Å². The van der Waals surface area contributed by atoms with E-state index in [-0.39, 0.29) is 12.8 Å². The van der Waals surface area contributed by atoms with E-state index in [1.54, 1.807) is 0 Å². The maximum absolute atomic E-state index is 13.8. The number of rotatable bonds is 3. The Balaban J connectivity index is 2.59. The minimum absolute atomic E-state index is 0.155. The summed E-state index contributed by atoms with van der Waals surface area (Å²) >= 11 is 0. The normalized spacial score (nSPS) is 17.0. The van der Waals surface area contributed by atoms with E-state index in [0.29, 0.717) is 18.6 Å². The SMILES string of the molecule is O=C(O)c1cc(F)c(C2(C(=O)O)CCC2)c(F)c1. The fourth-order valence-electron chi connectivity index (χ4n) is 2.25. The number of hydrogen-bond acceptors (Lipinski definition) is 2. The summed E-state index contributed by atoms with van der Waals surface area (Å²) in [6, 6.07) is 1.31. The van der Waals surface area contributed by atoms with Crippen LogP contribution in [-0.4, -0.2) is 22.2 Å². The quantitative estimate of drug-likeness (QED) is 0.869. The maximum Gasteiger partial charge on any atom is 0.335 e. The van der Waals surface area contributed by atoms with Gasteiger partial charge < -0.3 is 10.2 Å².